The number of hydrogen-bond acceptors (Lipinski definition) is 4. The van der Waals surface area contributed by atoms with Gasteiger partial charge in [-0.2, -0.15) is 0 Å². The lowest BCUT2D eigenvalue weighted by Gasteiger charge is -2.27. The Morgan fingerprint density at radius 2 is 1.95 bits per heavy atom. The van der Waals surface area contributed by atoms with Gasteiger partial charge in [0.25, 0.3) is 0 Å². The third-order valence-electron chi connectivity index (χ3n) is 2.89. The fourth-order valence-electron chi connectivity index (χ4n) is 1.61. The molecule has 1 aromatic rings. The van der Waals surface area contributed by atoms with E-state index in [1.54, 1.807) is 13.8 Å². The summed E-state index contributed by atoms with van der Waals surface area (Å²) in [4.78, 5) is 11.7. The van der Waals surface area contributed by atoms with Gasteiger partial charge in [0.15, 0.2) is 0 Å². The van der Waals surface area contributed by atoms with E-state index in [-0.39, 0.29) is 12.4 Å². The lowest BCUT2D eigenvalue weighted by Crippen LogP contribution is -2.49. The summed E-state index contributed by atoms with van der Waals surface area (Å²) >= 11 is 0. The fourth-order valence-corrected chi connectivity index (χ4v) is 3.37. The SMILES string of the molecule is CCC(C)(CS(=O)(=O)Cl)NC(=O)OCc1ccccc1. The lowest BCUT2D eigenvalue weighted by molar-refractivity contribution is 0.129. The van der Waals surface area contributed by atoms with E-state index < -0.39 is 20.7 Å². The van der Waals surface area contributed by atoms with Crippen LogP contribution < -0.4 is 5.32 Å². The van der Waals surface area contributed by atoms with Crippen LogP contribution in [0.4, 0.5) is 4.79 Å². The summed E-state index contributed by atoms with van der Waals surface area (Å²) in [5.41, 5.74) is -0.0974. The van der Waals surface area contributed by atoms with Gasteiger partial charge in [0.05, 0.1) is 11.3 Å². The number of halogens is 1. The number of rotatable bonds is 6. The molecular formula is C13H18ClNO4S. The van der Waals surface area contributed by atoms with Gasteiger partial charge in [0.2, 0.25) is 9.05 Å². The van der Waals surface area contributed by atoms with E-state index in [9.17, 15) is 13.2 Å². The smallest absolute Gasteiger partial charge is 0.407 e. The molecule has 1 amide bonds. The molecule has 0 saturated carbocycles. The van der Waals surface area contributed by atoms with E-state index in [4.69, 9.17) is 15.4 Å². The Morgan fingerprint density at radius 3 is 2.45 bits per heavy atom. The standard InChI is InChI=1S/C13H18ClNO4S/c1-3-13(2,10-20(14,17)18)15-12(16)19-9-11-7-5-4-6-8-11/h4-8H,3,9-10H2,1-2H3,(H,15,16). The number of alkyl carbamates (subject to hydrolysis) is 1. The van der Waals surface area contributed by atoms with Crippen molar-refractivity contribution < 1.29 is 17.9 Å². The summed E-state index contributed by atoms with van der Waals surface area (Å²) in [5, 5.41) is 2.55. The minimum absolute atomic E-state index is 0.125. The third kappa shape index (κ3) is 6.25. The number of carbonyl (C=O) groups is 1. The van der Waals surface area contributed by atoms with Gasteiger partial charge in [-0.05, 0) is 18.9 Å². The highest BCUT2D eigenvalue weighted by Gasteiger charge is 2.30. The largest absolute Gasteiger partial charge is 0.445 e. The average molecular weight is 320 g/mol. The average Bonchev–Trinajstić information content (AvgIpc) is 2.35. The van der Waals surface area contributed by atoms with Crippen LogP contribution in [0.2, 0.25) is 0 Å². The van der Waals surface area contributed by atoms with Gasteiger partial charge >= 0.3 is 6.09 Å². The lowest BCUT2D eigenvalue weighted by atomic mass is 10.0. The van der Waals surface area contributed by atoms with Crippen molar-refractivity contribution in [2.45, 2.75) is 32.4 Å². The summed E-state index contributed by atoms with van der Waals surface area (Å²) in [7, 11) is 1.53. The van der Waals surface area contributed by atoms with Crippen LogP contribution in [0.15, 0.2) is 30.3 Å². The van der Waals surface area contributed by atoms with Gasteiger partial charge < -0.3 is 10.1 Å². The maximum Gasteiger partial charge on any atom is 0.407 e. The molecule has 1 N–H and O–H groups in total. The molecule has 1 rings (SSSR count). The number of ether oxygens (including phenoxy) is 1. The molecule has 0 fully saturated rings. The van der Waals surface area contributed by atoms with E-state index in [1.807, 2.05) is 30.3 Å². The minimum atomic E-state index is -3.70. The molecule has 112 valence electrons. The highest BCUT2D eigenvalue weighted by Crippen LogP contribution is 2.15. The Morgan fingerprint density at radius 1 is 1.35 bits per heavy atom. The van der Waals surface area contributed by atoms with E-state index in [0.717, 1.165) is 5.56 Å². The van der Waals surface area contributed by atoms with Crippen LogP contribution in [0.1, 0.15) is 25.8 Å². The first-order valence-electron chi connectivity index (χ1n) is 6.15. The number of carbonyl (C=O) groups excluding carboxylic acids is 1. The van der Waals surface area contributed by atoms with Crippen molar-refractivity contribution in [1.82, 2.24) is 5.32 Å². The van der Waals surface area contributed by atoms with Gasteiger partial charge in [-0.3, -0.25) is 0 Å². The van der Waals surface area contributed by atoms with E-state index in [2.05, 4.69) is 5.32 Å². The minimum Gasteiger partial charge on any atom is -0.445 e. The molecule has 0 saturated heterocycles. The van der Waals surface area contributed by atoms with Crippen LogP contribution >= 0.6 is 10.7 Å². The van der Waals surface area contributed by atoms with Crippen LogP contribution in [0.3, 0.4) is 0 Å². The molecular weight excluding hydrogens is 302 g/mol. The van der Waals surface area contributed by atoms with E-state index >= 15 is 0 Å². The van der Waals surface area contributed by atoms with Gasteiger partial charge in [0, 0.05) is 10.7 Å². The Bertz CT molecular complexity index is 547. The summed E-state index contributed by atoms with van der Waals surface area (Å²) < 4.78 is 27.3. The molecule has 0 aliphatic rings. The molecule has 0 radical (unpaired) electrons. The van der Waals surface area contributed by atoms with E-state index in [0.29, 0.717) is 6.42 Å². The van der Waals surface area contributed by atoms with Crippen molar-refractivity contribution >= 4 is 25.8 Å². The highest BCUT2D eigenvalue weighted by molar-refractivity contribution is 8.13. The molecule has 1 unspecified atom stereocenters. The third-order valence-corrected chi connectivity index (χ3v) is 4.20. The van der Waals surface area contributed by atoms with Gasteiger partial charge in [-0.25, -0.2) is 13.2 Å². The van der Waals surface area contributed by atoms with E-state index in [1.165, 1.54) is 0 Å². The van der Waals surface area contributed by atoms with Crippen LogP contribution in [0.25, 0.3) is 0 Å². The molecule has 0 aliphatic heterocycles. The molecule has 5 nitrogen and oxygen atoms in total. The molecule has 7 heteroatoms. The summed E-state index contributed by atoms with van der Waals surface area (Å²) in [5.74, 6) is -0.349. The van der Waals surface area contributed by atoms with Crippen molar-refractivity contribution in [3.8, 4) is 0 Å². The topological polar surface area (TPSA) is 72.5 Å². The first kappa shape index (κ1) is 16.8. The summed E-state index contributed by atoms with van der Waals surface area (Å²) in [6.45, 7) is 3.50. The second kappa shape index (κ2) is 6.95. The predicted molar refractivity (Wildman–Crippen MR) is 78.1 cm³/mol. The number of amides is 1. The Kier molecular flexibility index (Phi) is 5.83. The zero-order valence-electron chi connectivity index (χ0n) is 11.4. The maximum absolute atomic E-state index is 11.7. The highest BCUT2D eigenvalue weighted by atomic mass is 35.7. The van der Waals surface area contributed by atoms with Crippen LogP contribution in [-0.4, -0.2) is 25.8 Å². The maximum atomic E-state index is 11.7. The number of nitrogens with one attached hydrogen (secondary N) is 1. The summed E-state index contributed by atoms with van der Waals surface area (Å²) in [6, 6.07) is 9.20. The molecule has 20 heavy (non-hydrogen) atoms. The monoisotopic (exact) mass is 319 g/mol. The molecule has 0 spiro atoms. The second-order valence-electron chi connectivity index (χ2n) is 4.78. The van der Waals surface area contributed by atoms with Crippen molar-refractivity contribution in [3.63, 3.8) is 0 Å². The molecule has 1 atom stereocenters. The fraction of sp³-hybridized carbons (Fsp3) is 0.462. The summed E-state index contributed by atoms with van der Waals surface area (Å²) in [6.07, 6.45) is -0.252. The molecule has 1 aromatic carbocycles. The Balaban J connectivity index is 2.55. The quantitative estimate of drug-likeness (QED) is 0.818. The zero-order chi connectivity index (χ0) is 15.2. The molecule has 0 heterocycles. The van der Waals surface area contributed by atoms with Crippen molar-refractivity contribution in [2.24, 2.45) is 0 Å². The predicted octanol–water partition coefficient (Wildman–Crippen LogP) is 2.65. The van der Waals surface area contributed by atoms with Gasteiger partial charge in [0.1, 0.15) is 6.61 Å². The Hall–Kier alpha value is -1.27. The van der Waals surface area contributed by atoms with Crippen molar-refractivity contribution in [2.75, 3.05) is 5.75 Å². The first-order chi connectivity index (χ1) is 9.24. The molecule has 0 bridgehead atoms. The number of benzene rings is 1. The normalized spacial score (nSPS) is 14.3. The molecule has 0 aliphatic carbocycles. The van der Waals surface area contributed by atoms with Crippen LogP contribution in [-0.2, 0) is 20.4 Å². The Labute approximate surface area is 123 Å². The van der Waals surface area contributed by atoms with Crippen molar-refractivity contribution in [3.05, 3.63) is 35.9 Å². The second-order valence-corrected chi connectivity index (χ2v) is 7.56. The van der Waals surface area contributed by atoms with Gasteiger partial charge in [-0.1, -0.05) is 37.3 Å². The molecule has 0 aromatic heterocycles. The number of hydrogen-bond donors (Lipinski definition) is 1. The van der Waals surface area contributed by atoms with Crippen LogP contribution in [0, 0.1) is 0 Å². The van der Waals surface area contributed by atoms with Gasteiger partial charge in [-0.15, -0.1) is 0 Å². The zero-order valence-corrected chi connectivity index (χ0v) is 13.0. The van der Waals surface area contributed by atoms with Crippen LogP contribution in [0.5, 0.6) is 0 Å². The first-order valence-corrected chi connectivity index (χ1v) is 8.63. The van der Waals surface area contributed by atoms with Crippen molar-refractivity contribution in [1.29, 1.82) is 0 Å².